The summed E-state index contributed by atoms with van der Waals surface area (Å²) in [6.07, 6.45) is 5.36. The van der Waals surface area contributed by atoms with Crippen molar-refractivity contribution in [3.05, 3.63) is 29.3 Å². The molecule has 0 aromatic heterocycles. The molecule has 0 spiro atoms. The van der Waals surface area contributed by atoms with Gasteiger partial charge >= 0.3 is 0 Å². The largest absolute Gasteiger partial charge is 0.388 e. The molecule has 2 N–H and O–H groups in total. The molecule has 1 aromatic carbocycles. The van der Waals surface area contributed by atoms with Crippen LogP contribution < -0.4 is 5.32 Å². The van der Waals surface area contributed by atoms with E-state index < -0.39 is 5.60 Å². The van der Waals surface area contributed by atoms with Gasteiger partial charge in [-0.1, -0.05) is 30.9 Å². The first-order valence-corrected chi connectivity index (χ1v) is 8.81. The molecule has 0 radical (unpaired) electrons. The predicted octanol–water partition coefficient (Wildman–Crippen LogP) is 3.63. The Morgan fingerprint density at radius 3 is 2.57 bits per heavy atom. The lowest BCUT2D eigenvalue weighted by atomic mass is 9.85. The van der Waals surface area contributed by atoms with Crippen molar-refractivity contribution in [1.82, 2.24) is 5.32 Å². The molecule has 21 heavy (non-hydrogen) atoms. The first kappa shape index (κ1) is 16.7. The Kier molecular flexibility index (Phi) is 6.40. The summed E-state index contributed by atoms with van der Waals surface area (Å²) in [6.45, 7) is 0.386. The molecule has 1 fully saturated rings. The number of hydrogen-bond acceptors (Lipinski definition) is 3. The quantitative estimate of drug-likeness (QED) is 0.784. The fraction of sp³-hybridized carbons (Fsp3) is 0.562. The summed E-state index contributed by atoms with van der Waals surface area (Å²) in [5.41, 5.74) is -0.683. The molecule has 0 saturated heterocycles. The highest BCUT2D eigenvalue weighted by Crippen LogP contribution is 2.27. The Labute approximate surface area is 135 Å². The highest BCUT2D eigenvalue weighted by atomic mass is 35.5. The summed E-state index contributed by atoms with van der Waals surface area (Å²) in [7, 11) is 0. The molecule has 3 nitrogen and oxygen atoms in total. The highest BCUT2D eigenvalue weighted by Gasteiger charge is 2.29. The maximum absolute atomic E-state index is 11.8. The maximum atomic E-state index is 11.8. The lowest BCUT2D eigenvalue weighted by molar-refractivity contribution is -0.122. The van der Waals surface area contributed by atoms with Gasteiger partial charge in [0.05, 0.1) is 5.60 Å². The molecule has 0 bridgehead atoms. The number of nitrogens with one attached hydrogen (secondary N) is 1. The first-order valence-electron chi connectivity index (χ1n) is 7.45. The summed E-state index contributed by atoms with van der Waals surface area (Å²) in [6, 6.07) is 7.61. The Bertz CT molecular complexity index is 458. The second kappa shape index (κ2) is 8.06. The van der Waals surface area contributed by atoms with Crippen LogP contribution in [-0.4, -0.2) is 28.9 Å². The fourth-order valence-corrected chi connectivity index (χ4v) is 3.51. The highest BCUT2D eigenvalue weighted by molar-refractivity contribution is 7.99. The average Bonchev–Trinajstić information content (AvgIpc) is 2.48. The number of aliphatic hydroxyl groups is 1. The third-order valence-corrected chi connectivity index (χ3v) is 5.08. The van der Waals surface area contributed by atoms with Gasteiger partial charge in [0.2, 0.25) is 5.91 Å². The minimum Gasteiger partial charge on any atom is -0.388 e. The van der Waals surface area contributed by atoms with E-state index >= 15 is 0 Å². The summed E-state index contributed by atoms with van der Waals surface area (Å²) in [4.78, 5) is 12.9. The zero-order valence-electron chi connectivity index (χ0n) is 12.1. The Balaban J connectivity index is 1.64. The number of rotatable bonds is 6. The molecular weight excluding hydrogens is 306 g/mol. The molecule has 1 aliphatic rings. The summed E-state index contributed by atoms with van der Waals surface area (Å²) in [5.74, 6) is 0.738. The number of benzene rings is 1. The number of hydrogen-bond donors (Lipinski definition) is 2. The third kappa shape index (κ3) is 5.89. The van der Waals surface area contributed by atoms with Gasteiger partial charge in [-0.15, -0.1) is 11.8 Å². The lowest BCUT2D eigenvalue weighted by Crippen LogP contribution is -2.44. The van der Waals surface area contributed by atoms with E-state index in [-0.39, 0.29) is 5.91 Å². The van der Waals surface area contributed by atoms with Gasteiger partial charge in [-0.05, 0) is 37.1 Å². The van der Waals surface area contributed by atoms with Gasteiger partial charge in [0.15, 0.2) is 0 Å². The number of carbonyl (C=O) groups is 1. The number of thioether (sulfide) groups is 1. The molecule has 1 aromatic rings. The van der Waals surface area contributed by atoms with E-state index in [1.54, 1.807) is 11.8 Å². The topological polar surface area (TPSA) is 49.3 Å². The molecule has 0 atom stereocenters. The molecular formula is C16H22ClNO2S. The van der Waals surface area contributed by atoms with Gasteiger partial charge in [-0.25, -0.2) is 0 Å². The zero-order chi connectivity index (χ0) is 15.1. The van der Waals surface area contributed by atoms with E-state index in [0.717, 1.165) is 41.4 Å². The molecule has 2 rings (SSSR count). The zero-order valence-corrected chi connectivity index (χ0v) is 13.7. The van der Waals surface area contributed by atoms with E-state index in [2.05, 4.69) is 5.32 Å². The molecule has 0 heterocycles. The van der Waals surface area contributed by atoms with Gasteiger partial charge in [0.25, 0.3) is 0 Å². The van der Waals surface area contributed by atoms with Crippen molar-refractivity contribution in [2.24, 2.45) is 0 Å². The Morgan fingerprint density at radius 2 is 1.90 bits per heavy atom. The van der Waals surface area contributed by atoms with Crippen LogP contribution in [0.4, 0.5) is 0 Å². The van der Waals surface area contributed by atoms with E-state index in [9.17, 15) is 9.90 Å². The van der Waals surface area contributed by atoms with Crippen LogP contribution in [0.25, 0.3) is 0 Å². The lowest BCUT2D eigenvalue weighted by Gasteiger charge is -2.32. The van der Waals surface area contributed by atoms with Crippen LogP contribution in [0, 0.1) is 0 Å². The van der Waals surface area contributed by atoms with Crippen LogP contribution >= 0.6 is 23.4 Å². The smallest absolute Gasteiger partial charge is 0.220 e. The van der Waals surface area contributed by atoms with Crippen LogP contribution in [0.2, 0.25) is 5.02 Å². The van der Waals surface area contributed by atoms with Gasteiger partial charge < -0.3 is 10.4 Å². The van der Waals surface area contributed by atoms with Crippen molar-refractivity contribution in [1.29, 1.82) is 0 Å². The van der Waals surface area contributed by atoms with Crippen LogP contribution in [-0.2, 0) is 4.79 Å². The SMILES string of the molecule is O=C(CCSc1ccc(Cl)cc1)NCC1(O)CCCCC1. The first-order chi connectivity index (χ1) is 10.1. The molecule has 1 saturated carbocycles. The molecule has 1 aliphatic carbocycles. The summed E-state index contributed by atoms with van der Waals surface area (Å²) >= 11 is 7.46. The van der Waals surface area contributed by atoms with Crippen molar-refractivity contribution >= 4 is 29.3 Å². The van der Waals surface area contributed by atoms with Crippen molar-refractivity contribution in [2.45, 2.75) is 49.0 Å². The van der Waals surface area contributed by atoms with Crippen LogP contribution in [0.1, 0.15) is 38.5 Å². The Morgan fingerprint density at radius 1 is 1.24 bits per heavy atom. The molecule has 1 amide bonds. The van der Waals surface area contributed by atoms with Crippen molar-refractivity contribution < 1.29 is 9.90 Å². The van der Waals surface area contributed by atoms with Gasteiger partial charge in [-0.3, -0.25) is 4.79 Å². The minimum absolute atomic E-state index is 0.00969. The van der Waals surface area contributed by atoms with Crippen molar-refractivity contribution in [3.8, 4) is 0 Å². The molecule has 5 heteroatoms. The third-order valence-electron chi connectivity index (χ3n) is 3.81. The normalized spacial score (nSPS) is 17.4. The van der Waals surface area contributed by atoms with Crippen LogP contribution in [0.3, 0.4) is 0 Å². The maximum Gasteiger partial charge on any atom is 0.220 e. The Hall–Kier alpha value is -0.710. The van der Waals surface area contributed by atoms with Crippen LogP contribution in [0.15, 0.2) is 29.2 Å². The second-order valence-electron chi connectivity index (χ2n) is 5.61. The van der Waals surface area contributed by atoms with Crippen LogP contribution in [0.5, 0.6) is 0 Å². The van der Waals surface area contributed by atoms with Gasteiger partial charge in [0, 0.05) is 28.6 Å². The number of halogens is 1. The molecule has 116 valence electrons. The second-order valence-corrected chi connectivity index (χ2v) is 7.22. The summed E-state index contributed by atoms with van der Waals surface area (Å²) < 4.78 is 0. The standard InChI is InChI=1S/C16H22ClNO2S/c17-13-4-6-14(7-5-13)21-11-8-15(19)18-12-16(20)9-2-1-3-10-16/h4-7,20H,1-3,8-12H2,(H,18,19). The monoisotopic (exact) mass is 327 g/mol. The van der Waals surface area contributed by atoms with E-state index in [1.165, 1.54) is 6.42 Å². The average molecular weight is 328 g/mol. The van der Waals surface area contributed by atoms with E-state index in [1.807, 2.05) is 24.3 Å². The van der Waals surface area contributed by atoms with Crippen molar-refractivity contribution in [3.63, 3.8) is 0 Å². The van der Waals surface area contributed by atoms with Gasteiger partial charge in [-0.2, -0.15) is 0 Å². The van der Waals surface area contributed by atoms with Crippen molar-refractivity contribution in [2.75, 3.05) is 12.3 Å². The predicted molar refractivity (Wildman–Crippen MR) is 87.8 cm³/mol. The molecule has 0 aliphatic heterocycles. The fourth-order valence-electron chi connectivity index (χ4n) is 2.53. The van der Waals surface area contributed by atoms with E-state index in [0.29, 0.717) is 13.0 Å². The minimum atomic E-state index is -0.683. The number of carbonyl (C=O) groups excluding carboxylic acids is 1. The van der Waals surface area contributed by atoms with E-state index in [4.69, 9.17) is 11.6 Å². The number of amides is 1. The summed E-state index contributed by atoms with van der Waals surface area (Å²) in [5, 5.41) is 13.9. The van der Waals surface area contributed by atoms with Gasteiger partial charge in [0.1, 0.15) is 0 Å². The molecule has 0 unspecified atom stereocenters.